The number of aliphatic hydroxyl groups is 3. The molecule has 8 nitrogen and oxygen atoms in total. The van der Waals surface area contributed by atoms with Gasteiger partial charge in [-0.1, -0.05) is 23.2 Å². The predicted molar refractivity (Wildman–Crippen MR) is 92.2 cm³/mol. The average molecular weight is 392 g/mol. The minimum Gasteiger partial charge on any atom is -0.394 e. The molecular formula is C15H19Cl2N3O5. The van der Waals surface area contributed by atoms with Crippen molar-refractivity contribution in [1.29, 1.82) is 0 Å². The highest BCUT2D eigenvalue weighted by Gasteiger charge is 2.45. The Bertz CT molecular complexity index is 784. The summed E-state index contributed by atoms with van der Waals surface area (Å²) in [5, 5.41) is 41.6. The summed E-state index contributed by atoms with van der Waals surface area (Å²) in [6.07, 6.45) is -4.64. The van der Waals surface area contributed by atoms with Crippen LogP contribution in [0.3, 0.4) is 0 Å². The number of ether oxygens (including phenoxy) is 1. The van der Waals surface area contributed by atoms with Crippen molar-refractivity contribution in [2.75, 3.05) is 11.7 Å². The fourth-order valence-electron chi connectivity index (χ4n) is 2.81. The van der Waals surface area contributed by atoms with Crippen LogP contribution in [0.25, 0.3) is 11.0 Å². The van der Waals surface area contributed by atoms with Crippen LogP contribution < -0.4 is 5.06 Å². The number of fused-ring (bicyclic) bond motifs is 1. The molecule has 1 saturated heterocycles. The van der Waals surface area contributed by atoms with Crippen LogP contribution in [0.1, 0.15) is 20.1 Å². The molecule has 4 atom stereocenters. The van der Waals surface area contributed by atoms with Gasteiger partial charge in [0.1, 0.15) is 18.3 Å². The molecule has 0 amide bonds. The number of halogens is 2. The maximum atomic E-state index is 10.4. The first-order valence-corrected chi connectivity index (χ1v) is 8.49. The van der Waals surface area contributed by atoms with Gasteiger partial charge in [-0.15, -0.1) is 0 Å². The van der Waals surface area contributed by atoms with Crippen molar-refractivity contribution in [2.45, 2.75) is 44.4 Å². The number of hydroxylamine groups is 1. The quantitative estimate of drug-likeness (QED) is 0.585. The molecule has 3 rings (SSSR count). The zero-order chi connectivity index (χ0) is 18.5. The van der Waals surface area contributed by atoms with E-state index in [1.54, 1.807) is 19.9 Å². The molecule has 0 radical (unpaired) electrons. The molecule has 10 heteroatoms. The Hall–Kier alpha value is -1.13. The van der Waals surface area contributed by atoms with Crippen molar-refractivity contribution < 1.29 is 25.3 Å². The summed E-state index contributed by atoms with van der Waals surface area (Å²) in [5.74, 6) is 0.0955. The molecule has 1 aromatic carbocycles. The van der Waals surface area contributed by atoms with Gasteiger partial charge in [0, 0.05) is 0 Å². The number of anilines is 1. The van der Waals surface area contributed by atoms with Crippen molar-refractivity contribution in [1.82, 2.24) is 9.55 Å². The number of aliphatic hydroxyl groups excluding tert-OH is 3. The third-order valence-corrected chi connectivity index (χ3v) is 4.90. The summed E-state index contributed by atoms with van der Waals surface area (Å²) >= 11 is 12.1. The van der Waals surface area contributed by atoms with E-state index < -0.39 is 31.1 Å². The van der Waals surface area contributed by atoms with Crippen molar-refractivity contribution in [3.8, 4) is 0 Å². The lowest BCUT2D eigenvalue weighted by Crippen LogP contribution is -2.34. The van der Waals surface area contributed by atoms with E-state index in [9.17, 15) is 20.5 Å². The number of benzene rings is 1. The van der Waals surface area contributed by atoms with Crippen molar-refractivity contribution in [3.63, 3.8) is 0 Å². The zero-order valence-corrected chi connectivity index (χ0v) is 15.1. The van der Waals surface area contributed by atoms with Gasteiger partial charge in [-0.2, -0.15) is 0 Å². The smallest absolute Gasteiger partial charge is 0.233 e. The lowest BCUT2D eigenvalue weighted by molar-refractivity contribution is -0.0512. The highest BCUT2D eigenvalue weighted by atomic mass is 35.5. The first kappa shape index (κ1) is 18.7. The van der Waals surface area contributed by atoms with Crippen molar-refractivity contribution in [3.05, 3.63) is 22.2 Å². The van der Waals surface area contributed by atoms with Crippen LogP contribution in [0, 0.1) is 0 Å². The van der Waals surface area contributed by atoms with E-state index in [1.807, 2.05) is 0 Å². The Morgan fingerprint density at radius 3 is 2.44 bits per heavy atom. The molecule has 0 unspecified atom stereocenters. The Balaban J connectivity index is 2.20. The van der Waals surface area contributed by atoms with E-state index in [0.29, 0.717) is 16.1 Å². The Morgan fingerprint density at radius 1 is 1.24 bits per heavy atom. The van der Waals surface area contributed by atoms with Gasteiger partial charge < -0.3 is 20.1 Å². The largest absolute Gasteiger partial charge is 0.394 e. The highest BCUT2D eigenvalue weighted by Crippen LogP contribution is 2.38. The summed E-state index contributed by atoms with van der Waals surface area (Å²) in [5.41, 5.74) is 0.890. The summed E-state index contributed by atoms with van der Waals surface area (Å²) in [6.45, 7) is 3.04. The maximum absolute atomic E-state index is 10.4. The highest BCUT2D eigenvalue weighted by molar-refractivity contribution is 6.42. The average Bonchev–Trinajstić information content (AvgIpc) is 3.05. The van der Waals surface area contributed by atoms with Crippen LogP contribution in [0.2, 0.25) is 10.0 Å². The van der Waals surface area contributed by atoms with E-state index in [1.165, 1.54) is 10.6 Å². The van der Waals surface area contributed by atoms with Gasteiger partial charge in [0.2, 0.25) is 5.95 Å². The van der Waals surface area contributed by atoms with Crippen LogP contribution in [-0.4, -0.2) is 61.0 Å². The first-order chi connectivity index (χ1) is 11.8. The van der Waals surface area contributed by atoms with E-state index >= 15 is 0 Å². The number of hydrogen-bond acceptors (Lipinski definition) is 7. The third kappa shape index (κ3) is 3.08. The summed E-state index contributed by atoms with van der Waals surface area (Å²) in [4.78, 5) is 4.35. The fourth-order valence-corrected chi connectivity index (χ4v) is 3.13. The number of hydrogen-bond donors (Lipinski definition) is 4. The van der Waals surface area contributed by atoms with Gasteiger partial charge in [0.25, 0.3) is 0 Å². The molecule has 1 fully saturated rings. The Kier molecular flexibility index (Phi) is 5.13. The van der Waals surface area contributed by atoms with Crippen LogP contribution in [0.15, 0.2) is 12.1 Å². The monoisotopic (exact) mass is 391 g/mol. The molecular weight excluding hydrogens is 373 g/mol. The standard InChI is InChI=1S/C15H19Cl2N3O5/c1-6(2)20(24)15-18-9-3-7(16)8(17)4-10(9)19(15)14-13(23)12(22)11(5-21)25-14/h3-4,6,11-14,21-24H,5H2,1-2H3/t11-,12-,13-,14-/m0/s1. The van der Waals surface area contributed by atoms with Gasteiger partial charge in [-0.3, -0.25) is 9.77 Å². The molecule has 4 N–H and O–H groups in total. The van der Waals surface area contributed by atoms with E-state index in [-0.39, 0.29) is 17.0 Å². The van der Waals surface area contributed by atoms with Crippen LogP contribution in [0.4, 0.5) is 5.95 Å². The first-order valence-electron chi connectivity index (χ1n) is 7.73. The predicted octanol–water partition coefficient (Wildman–Crippen LogP) is 1.56. The Labute approximate surface area is 153 Å². The number of nitrogens with zero attached hydrogens (tertiary/aromatic N) is 3. The van der Waals surface area contributed by atoms with Gasteiger partial charge in [-0.05, 0) is 26.0 Å². The SMILES string of the molecule is CC(C)N(O)c1nc2cc(Cl)c(Cl)cc2n1[C@H]1O[C@@H](CO)[C@H](O)[C@@H]1O. The lowest BCUT2D eigenvalue weighted by Gasteiger charge is -2.25. The van der Waals surface area contributed by atoms with Gasteiger partial charge in [0.15, 0.2) is 6.23 Å². The molecule has 25 heavy (non-hydrogen) atoms. The second-order valence-corrected chi connectivity index (χ2v) is 7.02. The number of imidazole rings is 1. The molecule has 1 aliphatic rings. The van der Waals surface area contributed by atoms with Crippen LogP contribution >= 0.6 is 23.2 Å². The van der Waals surface area contributed by atoms with E-state index in [0.717, 1.165) is 5.06 Å². The summed E-state index contributed by atoms with van der Waals surface area (Å²) in [6, 6.07) is 2.76. The molecule has 1 aliphatic heterocycles. The maximum Gasteiger partial charge on any atom is 0.233 e. The van der Waals surface area contributed by atoms with E-state index in [4.69, 9.17) is 27.9 Å². The fraction of sp³-hybridized carbons (Fsp3) is 0.533. The van der Waals surface area contributed by atoms with Crippen LogP contribution in [-0.2, 0) is 4.74 Å². The molecule has 0 bridgehead atoms. The third-order valence-electron chi connectivity index (χ3n) is 4.18. The van der Waals surface area contributed by atoms with Gasteiger partial charge >= 0.3 is 0 Å². The topological polar surface area (TPSA) is 111 Å². The Morgan fingerprint density at radius 2 is 1.88 bits per heavy atom. The molecule has 2 heterocycles. The lowest BCUT2D eigenvalue weighted by atomic mass is 10.1. The minimum absolute atomic E-state index is 0.0955. The van der Waals surface area contributed by atoms with Gasteiger partial charge in [-0.25, -0.2) is 10.0 Å². The second-order valence-electron chi connectivity index (χ2n) is 6.20. The molecule has 0 saturated carbocycles. The summed E-state index contributed by atoms with van der Waals surface area (Å²) in [7, 11) is 0. The molecule has 2 aromatic rings. The molecule has 138 valence electrons. The molecule has 1 aromatic heterocycles. The van der Waals surface area contributed by atoms with E-state index in [2.05, 4.69) is 4.98 Å². The summed E-state index contributed by atoms with van der Waals surface area (Å²) < 4.78 is 7.02. The van der Waals surface area contributed by atoms with Crippen molar-refractivity contribution in [2.24, 2.45) is 0 Å². The normalized spacial score (nSPS) is 26.8. The molecule has 0 aliphatic carbocycles. The van der Waals surface area contributed by atoms with Crippen molar-refractivity contribution >= 4 is 40.2 Å². The zero-order valence-electron chi connectivity index (χ0n) is 13.5. The number of rotatable bonds is 4. The minimum atomic E-state index is -1.33. The van der Waals surface area contributed by atoms with Gasteiger partial charge in [0.05, 0.1) is 33.7 Å². The number of aromatic nitrogens is 2. The van der Waals surface area contributed by atoms with Crippen LogP contribution in [0.5, 0.6) is 0 Å². The molecule has 0 spiro atoms. The second kappa shape index (κ2) is 6.88.